The molecule has 1 atom stereocenters. The van der Waals surface area contributed by atoms with Gasteiger partial charge in [-0.05, 0) is 38.8 Å². The lowest BCUT2D eigenvalue weighted by molar-refractivity contribution is -0.132. The van der Waals surface area contributed by atoms with E-state index >= 15 is 0 Å². The van der Waals surface area contributed by atoms with Crippen LogP contribution in [0.25, 0.3) is 0 Å². The Balaban J connectivity index is 1.50. The average molecular weight is 373 g/mol. The van der Waals surface area contributed by atoms with E-state index in [0.717, 1.165) is 57.8 Å². The molecule has 0 aromatic heterocycles. The fraction of sp³-hybridized carbons (Fsp3) is 0.619. The predicted octanol–water partition coefficient (Wildman–Crippen LogP) is 1.67. The van der Waals surface area contributed by atoms with E-state index in [1.54, 1.807) is 0 Å². The van der Waals surface area contributed by atoms with Crippen molar-refractivity contribution in [3.8, 4) is 0 Å². The number of likely N-dealkylation sites (tertiary alicyclic amines) is 1. The first kappa shape index (κ1) is 19.8. The van der Waals surface area contributed by atoms with Gasteiger partial charge in [0.2, 0.25) is 11.8 Å². The first-order valence-corrected chi connectivity index (χ1v) is 10.2. The van der Waals surface area contributed by atoms with Crippen molar-refractivity contribution in [3.05, 3.63) is 30.3 Å². The molecule has 1 unspecified atom stereocenters. The van der Waals surface area contributed by atoms with Gasteiger partial charge < -0.3 is 9.80 Å². The van der Waals surface area contributed by atoms with Crippen LogP contribution in [-0.4, -0.2) is 84.9 Å². The summed E-state index contributed by atoms with van der Waals surface area (Å²) in [6.45, 7) is 10.4. The number of nitrogens with zero attached hydrogens (tertiary/aromatic N) is 4. The van der Waals surface area contributed by atoms with Crippen LogP contribution in [0.5, 0.6) is 0 Å². The zero-order valence-electron chi connectivity index (χ0n) is 16.6. The molecule has 6 heteroatoms. The summed E-state index contributed by atoms with van der Waals surface area (Å²) in [4.78, 5) is 33.7. The van der Waals surface area contributed by atoms with E-state index in [0.29, 0.717) is 13.1 Å². The van der Waals surface area contributed by atoms with E-state index in [2.05, 4.69) is 9.80 Å². The van der Waals surface area contributed by atoms with Crippen LogP contribution in [-0.2, 0) is 9.59 Å². The van der Waals surface area contributed by atoms with Crippen molar-refractivity contribution in [2.75, 3.05) is 57.3 Å². The van der Waals surface area contributed by atoms with Crippen LogP contribution in [0.1, 0.15) is 26.7 Å². The number of hydrogen-bond acceptors (Lipinski definition) is 4. The predicted molar refractivity (Wildman–Crippen MR) is 108 cm³/mol. The fourth-order valence-corrected chi connectivity index (χ4v) is 4.02. The minimum absolute atomic E-state index is 0.144. The molecule has 2 heterocycles. The zero-order valence-corrected chi connectivity index (χ0v) is 16.6. The maximum Gasteiger partial charge on any atom is 0.244 e. The number of anilines is 1. The molecule has 1 aromatic carbocycles. The van der Waals surface area contributed by atoms with Gasteiger partial charge >= 0.3 is 0 Å². The van der Waals surface area contributed by atoms with Crippen LogP contribution in [0.2, 0.25) is 0 Å². The Morgan fingerprint density at radius 3 is 2.22 bits per heavy atom. The summed E-state index contributed by atoms with van der Waals surface area (Å²) in [7, 11) is 0. The van der Waals surface area contributed by atoms with Crippen molar-refractivity contribution in [2.45, 2.75) is 32.7 Å². The summed E-state index contributed by atoms with van der Waals surface area (Å²) in [5.74, 6) is 0.400. The second kappa shape index (κ2) is 9.33. The van der Waals surface area contributed by atoms with E-state index in [1.165, 1.54) is 0 Å². The van der Waals surface area contributed by atoms with Gasteiger partial charge in [-0.1, -0.05) is 18.2 Å². The molecule has 2 aliphatic rings. The number of carbonyl (C=O) groups is 2. The number of carbonyl (C=O) groups excluding carboxylic acids is 2. The molecule has 148 valence electrons. The van der Waals surface area contributed by atoms with Gasteiger partial charge in [-0.15, -0.1) is 0 Å². The van der Waals surface area contributed by atoms with E-state index < -0.39 is 0 Å². The van der Waals surface area contributed by atoms with E-state index in [1.807, 2.05) is 54.0 Å². The van der Waals surface area contributed by atoms with Crippen molar-refractivity contribution in [1.29, 1.82) is 0 Å². The largest absolute Gasteiger partial charge is 0.342 e. The minimum Gasteiger partial charge on any atom is -0.342 e. The van der Waals surface area contributed by atoms with Gasteiger partial charge in [0.1, 0.15) is 0 Å². The minimum atomic E-state index is -0.151. The molecule has 2 fully saturated rings. The third-order valence-corrected chi connectivity index (χ3v) is 5.78. The molecule has 0 saturated carbocycles. The van der Waals surface area contributed by atoms with Crippen LogP contribution in [0.4, 0.5) is 5.69 Å². The Morgan fingerprint density at radius 1 is 1.00 bits per heavy atom. The van der Waals surface area contributed by atoms with Crippen molar-refractivity contribution in [1.82, 2.24) is 14.7 Å². The van der Waals surface area contributed by atoms with Gasteiger partial charge in [-0.2, -0.15) is 0 Å². The lowest BCUT2D eigenvalue weighted by atomic mass is 10.1. The monoisotopic (exact) mass is 372 g/mol. The standard InChI is InChI=1S/C21H32N4O2/c1-3-25(19-9-5-4-6-10-19)21(27)18(2)23-15-13-22(14-16-23)17-20(26)24-11-7-8-12-24/h4-6,9-10,18H,3,7-8,11-17H2,1-2H3. The van der Waals surface area contributed by atoms with Crippen LogP contribution in [0.15, 0.2) is 30.3 Å². The molecule has 6 nitrogen and oxygen atoms in total. The number of para-hydroxylation sites is 1. The second-order valence-electron chi connectivity index (χ2n) is 7.49. The summed E-state index contributed by atoms with van der Waals surface area (Å²) >= 11 is 0. The van der Waals surface area contributed by atoms with Gasteiger partial charge in [0.15, 0.2) is 0 Å². The highest BCUT2D eigenvalue weighted by atomic mass is 16.2. The average Bonchev–Trinajstić information content (AvgIpc) is 3.24. The molecular formula is C21H32N4O2. The van der Waals surface area contributed by atoms with Gasteiger partial charge in [0.25, 0.3) is 0 Å². The highest BCUT2D eigenvalue weighted by Crippen LogP contribution is 2.17. The Kier molecular flexibility index (Phi) is 6.85. The molecule has 0 radical (unpaired) electrons. The quantitative estimate of drug-likeness (QED) is 0.762. The molecular weight excluding hydrogens is 340 g/mol. The Bertz CT molecular complexity index is 622. The summed E-state index contributed by atoms with van der Waals surface area (Å²) in [5, 5.41) is 0. The van der Waals surface area contributed by atoms with Crippen molar-refractivity contribution >= 4 is 17.5 Å². The lowest BCUT2D eigenvalue weighted by Gasteiger charge is -2.39. The molecule has 1 aromatic rings. The summed E-state index contributed by atoms with van der Waals surface area (Å²) in [6.07, 6.45) is 2.27. The molecule has 27 heavy (non-hydrogen) atoms. The molecule has 0 spiro atoms. The number of piperazine rings is 1. The summed E-state index contributed by atoms with van der Waals surface area (Å²) in [6, 6.07) is 9.71. The Hall–Kier alpha value is -1.92. The first-order valence-electron chi connectivity index (χ1n) is 10.2. The number of likely N-dealkylation sites (N-methyl/N-ethyl adjacent to an activating group) is 1. The molecule has 2 amide bonds. The molecule has 0 aliphatic carbocycles. The van der Waals surface area contributed by atoms with E-state index in [4.69, 9.17) is 0 Å². The van der Waals surface area contributed by atoms with Crippen LogP contribution in [0.3, 0.4) is 0 Å². The highest BCUT2D eigenvalue weighted by molar-refractivity contribution is 5.96. The van der Waals surface area contributed by atoms with Gasteiger partial charge in [0, 0.05) is 51.5 Å². The lowest BCUT2D eigenvalue weighted by Crippen LogP contribution is -2.55. The summed E-state index contributed by atoms with van der Waals surface area (Å²) in [5.41, 5.74) is 0.951. The third-order valence-electron chi connectivity index (χ3n) is 5.78. The molecule has 3 rings (SSSR count). The maximum absolute atomic E-state index is 13.0. The number of amides is 2. The van der Waals surface area contributed by atoms with Crippen LogP contribution in [0, 0.1) is 0 Å². The Morgan fingerprint density at radius 2 is 1.63 bits per heavy atom. The molecule has 0 N–H and O–H groups in total. The molecule has 0 bridgehead atoms. The van der Waals surface area contributed by atoms with Gasteiger partial charge in [-0.25, -0.2) is 0 Å². The van der Waals surface area contributed by atoms with Crippen LogP contribution >= 0.6 is 0 Å². The zero-order chi connectivity index (χ0) is 19.2. The first-order chi connectivity index (χ1) is 13.1. The summed E-state index contributed by atoms with van der Waals surface area (Å²) < 4.78 is 0. The van der Waals surface area contributed by atoms with Crippen molar-refractivity contribution in [2.24, 2.45) is 0 Å². The Labute approximate surface area is 162 Å². The smallest absolute Gasteiger partial charge is 0.244 e. The normalized spacial score (nSPS) is 19.9. The van der Waals surface area contributed by atoms with Gasteiger partial charge in [0.05, 0.1) is 12.6 Å². The maximum atomic E-state index is 13.0. The second-order valence-corrected chi connectivity index (χ2v) is 7.49. The molecule has 2 saturated heterocycles. The van der Waals surface area contributed by atoms with Crippen molar-refractivity contribution < 1.29 is 9.59 Å². The van der Waals surface area contributed by atoms with Crippen LogP contribution < -0.4 is 4.90 Å². The van der Waals surface area contributed by atoms with E-state index in [9.17, 15) is 9.59 Å². The van der Waals surface area contributed by atoms with Crippen molar-refractivity contribution in [3.63, 3.8) is 0 Å². The number of benzene rings is 1. The fourth-order valence-electron chi connectivity index (χ4n) is 4.02. The van der Waals surface area contributed by atoms with Gasteiger partial charge in [-0.3, -0.25) is 19.4 Å². The van der Waals surface area contributed by atoms with E-state index in [-0.39, 0.29) is 17.9 Å². The highest BCUT2D eigenvalue weighted by Gasteiger charge is 2.30. The number of hydrogen-bond donors (Lipinski definition) is 0. The third kappa shape index (κ3) is 4.87. The topological polar surface area (TPSA) is 47.1 Å². The SMILES string of the molecule is CCN(C(=O)C(C)N1CCN(CC(=O)N2CCCC2)CC1)c1ccccc1. The molecule has 2 aliphatic heterocycles. The number of rotatable bonds is 6.